The van der Waals surface area contributed by atoms with Gasteiger partial charge in [-0.05, 0) is 31.9 Å². The van der Waals surface area contributed by atoms with Gasteiger partial charge >= 0.3 is 5.97 Å². The van der Waals surface area contributed by atoms with Crippen LogP contribution in [0.25, 0.3) is 10.8 Å². The number of carbonyl (C=O) groups excluding carboxylic acids is 1. The number of carbonyl (C=O) groups is 1. The summed E-state index contributed by atoms with van der Waals surface area (Å²) in [6.07, 6.45) is 4.51. The first kappa shape index (κ1) is 14.6. The molecule has 1 aliphatic rings. The first-order valence-corrected chi connectivity index (χ1v) is 7.48. The fraction of sp³-hybridized carbons (Fsp3) is 0.438. The third-order valence-electron chi connectivity index (χ3n) is 4.24. The quantitative estimate of drug-likeness (QED) is 0.850. The molecule has 0 unspecified atom stereocenters. The van der Waals surface area contributed by atoms with Crippen LogP contribution in [0.1, 0.15) is 41.7 Å². The minimum Gasteiger partial charge on any atom is -0.465 e. The number of anilines is 1. The van der Waals surface area contributed by atoms with Gasteiger partial charge < -0.3 is 10.1 Å². The third-order valence-corrected chi connectivity index (χ3v) is 4.24. The second kappa shape index (κ2) is 5.79. The Hall–Kier alpha value is -2.37. The number of ether oxygens (including phenoxy) is 1. The van der Waals surface area contributed by atoms with E-state index in [1.807, 2.05) is 0 Å². The summed E-state index contributed by atoms with van der Waals surface area (Å²) in [6, 6.07) is 3.76. The highest BCUT2D eigenvalue weighted by molar-refractivity contribution is 6.02. The van der Waals surface area contributed by atoms with Crippen molar-refractivity contribution in [3.8, 4) is 0 Å². The first-order chi connectivity index (χ1) is 10.6. The molecule has 0 spiro atoms. The van der Waals surface area contributed by atoms with Crippen molar-refractivity contribution in [1.29, 1.82) is 0 Å². The Morgan fingerprint density at radius 1 is 1.32 bits per heavy atom. The average Bonchev–Trinajstić information content (AvgIpc) is 3.03. The molecule has 1 heterocycles. The van der Waals surface area contributed by atoms with E-state index in [-0.39, 0.29) is 5.56 Å². The fourth-order valence-corrected chi connectivity index (χ4v) is 3.03. The number of nitrogens with one attached hydrogen (secondary N) is 2. The molecule has 0 saturated heterocycles. The van der Waals surface area contributed by atoms with Crippen LogP contribution >= 0.6 is 0 Å². The molecule has 0 atom stereocenters. The van der Waals surface area contributed by atoms with E-state index in [1.165, 1.54) is 20.0 Å². The van der Waals surface area contributed by atoms with Crippen LogP contribution in [0, 0.1) is 6.92 Å². The molecule has 22 heavy (non-hydrogen) atoms. The molecule has 1 aliphatic carbocycles. The van der Waals surface area contributed by atoms with Crippen molar-refractivity contribution in [2.24, 2.45) is 0 Å². The standard InChI is InChI=1S/C16H19N3O3/c1-9-11-7-13(16(21)22-2)14(17-10-5-3-4-6-10)8-12(11)15(20)19-18-9/h7-8,10,17H,3-6H2,1-2H3,(H,19,20). The van der Waals surface area contributed by atoms with Crippen molar-refractivity contribution < 1.29 is 9.53 Å². The van der Waals surface area contributed by atoms with Crippen molar-refractivity contribution in [3.05, 3.63) is 33.7 Å². The summed E-state index contributed by atoms with van der Waals surface area (Å²) >= 11 is 0. The molecule has 0 aliphatic heterocycles. The predicted molar refractivity (Wildman–Crippen MR) is 84.3 cm³/mol. The number of esters is 1. The van der Waals surface area contributed by atoms with E-state index >= 15 is 0 Å². The number of hydrogen-bond donors (Lipinski definition) is 2. The lowest BCUT2D eigenvalue weighted by atomic mass is 10.0. The molecule has 2 N–H and O–H groups in total. The van der Waals surface area contributed by atoms with E-state index in [2.05, 4.69) is 15.5 Å². The molecule has 1 aromatic heterocycles. The number of aromatic amines is 1. The zero-order valence-corrected chi connectivity index (χ0v) is 12.7. The van der Waals surface area contributed by atoms with Gasteiger partial charge in [-0.15, -0.1) is 0 Å². The number of methoxy groups -OCH3 is 1. The maximum atomic E-state index is 12.1. The number of benzene rings is 1. The monoisotopic (exact) mass is 301 g/mol. The molecule has 1 saturated carbocycles. The predicted octanol–water partition coefficient (Wildman–Crippen LogP) is 2.37. The maximum Gasteiger partial charge on any atom is 0.339 e. The number of nitrogens with zero attached hydrogens (tertiary/aromatic N) is 1. The van der Waals surface area contributed by atoms with Crippen LogP contribution in [0.3, 0.4) is 0 Å². The molecule has 116 valence electrons. The van der Waals surface area contributed by atoms with Gasteiger partial charge in [-0.2, -0.15) is 5.10 Å². The van der Waals surface area contributed by atoms with E-state index in [9.17, 15) is 9.59 Å². The van der Waals surface area contributed by atoms with Crippen LogP contribution in [0.2, 0.25) is 0 Å². The van der Waals surface area contributed by atoms with E-state index in [0.717, 1.165) is 12.8 Å². The summed E-state index contributed by atoms with van der Waals surface area (Å²) in [7, 11) is 1.36. The van der Waals surface area contributed by atoms with Gasteiger partial charge in [-0.25, -0.2) is 9.89 Å². The number of rotatable bonds is 3. The van der Waals surface area contributed by atoms with Gasteiger partial charge in [0.1, 0.15) is 0 Å². The van der Waals surface area contributed by atoms with Crippen molar-refractivity contribution in [2.45, 2.75) is 38.6 Å². The Labute approximate surface area is 127 Å². The van der Waals surface area contributed by atoms with Crippen LogP contribution in [0.5, 0.6) is 0 Å². The summed E-state index contributed by atoms with van der Waals surface area (Å²) < 4.78 is 4.88. The lowest BCUT2D eigenvalue weighted by molar-refractivity contribution is 0.0602. The molecule has 6 nitrogen and oxygen atoms in total. The van der Waals surface area contributed by atoms with Crippen molar-refractivity contribution >= 4 is 22.4 Å². The first-order valence-electron chi connectivity index (χ1n) is 7.48. The molecule has 0 bridgehead atoms. The van der Waals surface area contributed by atoms with Crippen LogP contribution in [0.4, 0.5) is 5.69 Å². The van der Waals surface area contributed by atoms with E-state index in [4.69, 9.17) is 4.74 Å². The topological polar surface area (TPSA) is 84.1 Å². The molecule has 1 fully saturated rings. The minimum absolute atomic E-state index is 0.258. The molecule has 0 radical (unpaired) electrons. The summed E-state index contributed by atoms with van der Waals surface area (Å²) in [6.45, 7) is 1.80. The van der Waals surface area contributed by atoms with E-state index in [0.29, 0.717) is 33.8 Å². The fourth-order valence-electron chi connectivity index (χ4n) is 3.03. The van der Waals surface area contributed by atoms with E-state index < -0.39 is 5.97 Å². The highest BCUT2D eigenvalue weighted by Crippen LogP contribution is 2.28. The summed E-state index contributed by atoms with van der Waals surface area (Å²) in [5.41, 5.74) is 1.51. The lowest BCUT2D eigenvalue weighted by Gasteiger charge is -2.17. The summed E-state index contributed by atoms with van der Waals surface area (Å²) in [5, 5.41) is 11.0. The SMILES string of the molecule is COC(=O)c1cc2c(C)n[nH]c(=O)c2cc1NC1CCCC1. The highest BCUT2D eigenvalue weighted by Gasteiger charge is 2.20. The highest BCUT2D eigenvalue weighted by atomic mass is 16.5. The van der Waals surface area contributed by atoms with Gasteiger partial charge in [0.15, 0.2) is 0 Å². The number of aromatic nitrogens is 2. The molecular weight excluding hydrogens is 282 g/mol. The number of hydrogen-bond acceptors (Lipinski definition) is 5. The second-order valence-electron chi connectivity index (χ2n) is 5.70. The maximum absolute atomic E-state index is 12.1. The minimum atomic E-state index is -0.415. The molecule has 3 rings (SSSR count). The average molecular weight is 301 g/mol. The van der Waals surface area contributed by atoms with Crippen molar-refractivity contribution in [3.63, 3.8) is 0 Å². The Kier molecular flexibility index (Phi) is 3.83. The summed E-state index contributed by atoms with van der Waals surface area (Å²) in [4.78, 5) is 24.1. The van der Waals surface area contributed by atoms with Gasteiger partial charge in [-0.1, -0.05) is 12.8 Å². The Morgan fingerprint density at radius 2 is 2.05 bits per heavy atom. The number of H-pyrrole nitrogens is 1. The van der Waals surface area contributed by atoms with Crippen molar-refractivity contribution in [1.82, 2.24) is 10.2 Å². The van der Waals surface area contributed by atoms with Gasteiger partial charge in [-0.3, -0.25) is 4.79 Å². The van der Waals surface area contributed by atoms with E-state index in [1.54, 1.807) is 19.1 Å². The lowest BCUT2D eigenvalue weighted by Crippen LogP contribution is -2.19. The summed E-state index contributed by atoms with van der Waals surface area (Å²) in [5.74, 6) is -0.415. The Balaban J connectivity index is 2.16. The molecular formula is C16H19N3O3. The van der Waals surface area contributed by atoms with Crippen LogP contribution < -0.4 is 10.9 Å². The van der Waals surface area contributed by atoms with Gasteiger partial charge in [0.2, 0.25) is 0 Å². The molecule has 6 heteroatoms. The van der Waals surface area contributed by atoms with Crippen molar-refractivity contribution in [2.75, 3.05) is 12.4 Å². The number of fused-ring (bicyclic) bond motifs is 1. The molecule has 0 amide bonds. The van der Waals surface area contributed by atoms with Gasteiger partial charge in [0.25, 0.3) is 5.56 Å². The zero-order valence-electron chi connectivity index (χ0n) is 12.7. The van der Waals surface area contributed by atoms with Gasteiger partial charge in [0.05, 0.1) is 23.8 Å². The van der Waals surface area contributed by atoms with Crippen LogP contribution in [-0.4, -0.2) is 29.3 Å². The number of aryl methyl sites for hydroxylation is 1. The Bertz CT molecular complexity index is 776. The largest absolute Gasteiger partial charge is 0.465 e. The second-order valence-corrected chi connectivity index (χ2v) is 5.70. The normalized spacial score (nSPS) is 15.2. The smallest absolute Gasteiger partial charge is 0.339 e. The van der Waals surface area contributed by atoms with Crippen LogP contribution in [-0.2, 0) is 4.74 Å². The van der Waals surface area contributed by atoms with Gasteiger partial charge in [0, 0.05) is 17.1 Å². The third kappa shape index (κ3) is 2.56. The Morgan fingerprint density at radius 3 is 2.73 bits per heavy atom. The van der Waals surface area contributed by atoms with Crippen LogP contribution in [0.15, 0.2) is 16.9 Å². The molecule has 2 aromatic rings. The molecule has 1 aromatic carbocycles. The zero-order chi connectivity index (χ0) is 15.7.